The molecule has 0 saturated heterocycles. The number of aromatic nitrogens is 1. The summed E-state index contributed by atoms with van der Waals surface area (Å²) in [6.45, 7) is 8.95. The van der Waals surface area contributed by atoms with Gasteiger partial charge in [-0.25, -0.2) is 9.78 Å². The number of aryl methyl sites for hydroxylation is 1. The van der Waals surface area contributed by atoms with Crippen molar-refractivity contribution in [2.45, 2.75) is 40.2 Å². The highest BCUT2D eigenvalue weighted by Crippen LogP contribution is 2.13. The number of oxazole rings is 1. The second-order valence-corrected chi connectivity index (χ2v) is 4.84. The lowest BCUT2D eigenvalue weighted by Gasteiger charge is -2.19. The molecule has 0 spiro atoms. The van der Waals surface area contributed by atoms with E-state index in [1.807, 2.05) is 20.8 Å². The van der Waals surface area contributed by atoms with Gasteiger partial charge in [-0.2, -0.15) is 0 Å². The predicted octanol–water partition coefficient (Wildman–Crippen LogP) is 1.69. The molecule has 100 valence electrons. The van der Waals surface area contributed by atoms with Gasteiger partial charge in [0, 0.05) is 12.5 Å². The molecule has 0 atom stereocenters. The fourth-order valence-electron chi connectivity index (χ4n) is 1.32. The average Bonchev–Trinajstić information content (AvgIpc) is 2.58. The molecular weight excluding hydrogens is 236 g/mol. The van der Waals surface area contributed by atoms with E-state index in [1.165, 1.54) is 0 Å². The van der Waals surface area contributed by atoms with Crippen LogP contribution in [0, 0.1) is 6.92 Å². The molecule has 6 heteroatoms. The summed E-state index contributed by atoms with van der Waals surface area (Å²) in [6.07, 6.45) is 0. The first-order chi connectivity index (χ1) is 8.24. The van der Waals surface area contributed by atoms with Gasteiger partial charge in [0.15, 0.2) is 11.6 Å². The van der Waals surface area contributed by atoms with Crippen molar-refractivity contribution in [2.75, 3.05) is 6.61 Å². The van der Waals surface area contributed by atoms with Gasteiger partial charge in [-0.05, 0) is 27.7 Å². The zero-order valence-electron chi connectivity index (χ0n) is 11.3. The SMILES string of the molecule is CCOC(=O)c1nc(C)oc1C(=O)NC(C)(C)C. The van der Waals surface area contributed by atoms with Crippen LogP contribution in [0.1, 0.15) is 54.6 Å². The largest absolute Gasteiger partial charge is 0.461 e. The summed E-state index contributed by atoms with van der Waals surface area (Å²) in [4.78, 5) is 27.5. The molecule has 0 radical (unpaired) electrons. The number of nitrogens with one attached hydrogen (secondary N) is 1. The minimum absolute atomic E-state index is 0.0869. The number of hydrogen-bond donors (Lipinski definition) is 1. The molecule has 0 aliphatic rings. The number of hydrogen-bond acceptors (Lipinski definition) is 5. The molecule has 0 unspecified atom stereocenters. The number of esters is 1. The molecule has 1 aromatic rings. The highest BCUT2D eigenvalue weighted by atomic mass is 16.5. The van der Waals surface area contributed by atoms with Crippen molar-refractivity contribution in [3.05, 3.63) is 17.3 Å². The van der Waals surface area contributed by atoms with Gasteiger partial charge in [0.2, 0.25) is 5.76 Å². The van der Waals surface area contributed by atoms with E-state index in [1.54, 1.807) is 13.8 Å². The molecule has 0 saturated carbocycles. The highest BCUT2D eigenvalue weighted by molar-refractivity contribution is 6.02. The predicted molar refractivity (Wildman–Crippen MR) is 64.4 cm³/mol. The van der Waals surface area contributed by atoms with Gasteiger partial charge in [-0.3, -0.25) is 4.79 Å². The third-order valence-electron chi connectivity index (χ3n) is 1.90. The summed E-state index contributed by atoms with van der Waals surface area (Å²) < 4.78 is 9.99. The average molecular weight is 254 g/mol. The van der Waals surface area contributed by atoms with Crippen LogP contribution in [0.25, 0.3) is 0 Å². The van der Waals surface area contributed by atoms with Crippen LogP contribution in [0.3, 0.4) is 0 Å². The summed E-state index contributed by atoms with van der Waals surface area (Å²) >= 11 is 0. The van der Waals surface area contributed by atoms with Crippen molar-refractivity contribution in [1.29, 1.82) is 0 Å². The molecule has 0 aliphatic carbocycles. The van der Waals surface area contributed by atoms with E-state index in [-0.39, 0.29) is 24.0 Å². The Balaban J connectivity index is 3.02. The van der Waals surface area contributed by atoms with Crippen molar-refractivity contribution < 1.29 is 18.7 Å². The maximum atomic E-state index is 12.0. The maximum Gasteiger partial charge on any atom is 0.361 e. The molecule has 0 fully saturated rings. The van der Waals surface area contributed by atoms with Crippen molar-refractivity contribution in [2.24, 2.45) is 0 Å². The Bertz CT molecular complexity index is 457. The molecule has 0 bridgehead atoms. The standard InChI is InChI=1S/C12H18N2O4/c1-6-17-11(16)8-9(18-7(2)13-8)10(15)14-12(3,4)5/h6H2,1-5H3,(H,14,15). The van der Waals surface area contributed by atoms with Crippen LogP contribution in [0.15, 0.2) is 4.42 Å². The first kappa shape index (κ1) is 14.2. The van der Waals surface area contributed by atoms with E-state index in [0.717, 1.165) is 0 Å². The van der Waals surface area contributed by atoms with Gasteiger partial charge in [-0.1, -0.05) is 0 Å². The fraction of sp³-hybridized carbons (Fsp3) is 0.583. The number of nitrogens with zero attached hydrogens (tertiary/aromatic N) is 1. The van der Waals surface area contributed by atoms with Crippen LogP contribution < -0.4 is 5.32 Å². The molecule has 6 nitrogen and oxygen atoms in total. The van der Waals surface area contributed by atoms with Crippen molar-refractivity contribution >= 4 is 11.9 Å². The van der Waals surface area contributed by atoms with Crippen LogP contribution >= 0.6 is 0 Å². The Labute approximate surface area is 106 Å². The van der Waals surface area contributed by atoms with Crippen LogP contribution in [-0.2, 0) is 4.74 Å². The second-order valence-electron chi connectivity index (χ2n) is 4.84. The number of amides is 1. The molecule has 1 rings (SSSR count). The minimum atomic E-state index is -0.659. The molecule has 1 amide bonds. The van der Waals surface area contributed by atoms with Crippen LogP contribution in [-0.4, -0.2) is 29.0 Å². The summed E-state index contributed by atoms with van der Waals surface area (Å²) in [6, 6.07) is 0. The summed E-state index contributed by atoms with van der Waals surface area (Å²) in [5.41, 5.74) is -0.514. The van der Waals surface area contributed by atoms with Gasteiger partial charge in [0.05, 0.1) is 6.61 Å². The summed E-state index contributed by atoms with van der Waals surface area (Å²) in [7, 11) is 0. The Kier molecular flexibility index (Phi) is 4.11. The third-order valence-corrected chi connectivity index (χ3v) is 1.90. The van der Waals surface area contributed by atoms with Crippen molar-refractivity contribution in [3.8, 4) is 0 Å². The van der Waals surface area contributed by atoms with Crippen molar-refractivity contribution in [3.63, 3.8) is 0 Å². The van der Waals surface area contributed by atoms with Crippen LogP contribution in [0.4, 0.5) is 0 Å². The Morgan fingerprint density at radius 1 is 1.39 bits per heavy atom. The zero-order chi connectivity index (χ0) is 13.9. The molecule has 1 aromatic heterocycles. The number of rotatable bonds is 3. The monoisotopic (exact) mass is 254 g/mol. The zero-order valence-corrected chi connectivity index (χ0v) is 11.3. The van der Waals surface area contributed by atoms with E-state index < -0.39 is 17.4 Å². The molecular formula is C12H18N2O4. The second kappa shape index (κ2) is 5.20. The smallest absolute Gasteiger partial charge is 0.361 e. The van der Waals surface area contributed by atoms with Crippen molar-refractivity contribution in [1.82, 2.24) is 10.3 Å². The third kappa shape index (κ3) is 3.58. The van der Waals surface area contributed by atoms with Gasteiger partial charge >= 0.3 is 5.97 Å². The maximum absolute atomic E-state index is 12.0. The Hall–Kier alpha value is -1.85. The lowest BCUT2D eigenvalue weighted by molar-refractivity contribution is 0.0513. The van der Waals surface area contributed by atoms with Gasteiger partial charge in [-0.15, -0.1) is 0 Å². The fourth-order valence-corrected chi connectivity index (χ4v) is 1.32. The summed E-state index contributed by atoms with van der Waals surface area (Å²) in [5.74, 6) is -1.00. The quantitative estimate of drug-likeness (QED) is 0.830. The molecule has 18 heavy (non-hydrogen) atoms. The van der Waals surface area contributed by atoms with Crippen LogP contribution in [0.5, 0.6) is 0 Å². The number of carbonyl (C=O) groups is 2. The Morgan fingerprint density at radius 3 is 2.50 bits per heavy atom. The van der Waals surface area contributed by atoms with E-state index >= 15 is 0 Å². The van der Waals surface area contributed by atoms with E-state index in [0.29, 0.717) is 0 Å². The highest BCUT2D eigenvalue weighted by Gasteiger charge is 2.27. The van der Waals surface area contributed by atoms with E-state index in [2.05, 4.69) is 10.3 Å². The summed E-state index contributed by atoms with van der Waals surface area (Å²) in [5, 5.41) is 2.71. The van der Waals surface area contributed by atoms with E-state index in [9.17, 15) is 9.59 Å². The normalized spacial score (nSPS) is 11.2. The van der Waals surface area contributed by atoms with Crippen LogP contribution in [0.2, 0.25) is 0 Å². The topological polar surface area (TPSA) is 81.4 Å². The minimum Gasteiger partial charge on any atom is -0.461 e. The molecule has 0 aliphatic heterocycles. The number of ether oxygens (including phenoxy) is 1. The van der Waals surface area contributed by atoms with Gasteiger partial charge in [0.25, 0.3) is 5.91 Å². The first-order valence-electron chi connectivity index (χ1n) is 5.71. The van der Waals surface area contributed by atoms with E-state index in [4.69, 9.17) is 9.15 Å². The molecule has 1 heterocycles. The van der Waals surface area contributed by atoms with Gasteiger partial charge in [0.1, 0.15) is 0 Å². The molecule has 1 N–H and O–H groups in total. The van der Waals surface area contributed by atoms with Gasteiger partial charge < -0.3 is 14.5 Å². The lowest BCUT2D eigenvalue weighted by Crippen LogP contribution is -2.41. The molecule has 0 aromatic carbocycles. The first-order valence-corrected chi connectivity index (χ1v) is 5.71. The lowest BCUT2D eigenvalue weighted by atomic mass is 10.1. The number of carbonyl (C=O) groups excluding carboxylic acids is 2. The Morgan fingerprint density at radius 2 is 2.00 bits per heavy atom.